The SMILES string of the molecule is C=C(COC(=O)C1CCCCC1)C(=O)c1ccc2c(c1)Cc1ccccc1-2. The number of esters is 1. The Balaban J connectivity index is 1.40. The quantitative estimate of drug-likeness (QED) is 0.360. The summed E-state index contributed by atoms with van der Waals surface area (Å²) < 4.78 is 5.37. The second-order valence-electron chi connectivity index (χ2n) is 7.58. The first-order valence-electron chi connectivity index (χ1n) is 9.74. The summed E-state index contributed by atoms with van der Waals surface area (Å²) in [7, 11) is 0. The number of carbonyl (C=O) groups excluding carboxylic acids is 2. The van der Waals surface area contributed by atoms with Crippen LogP contribution in [0.5, 0.6) is 0 Å². The third-order valence-electron chi connectivity index (χ3n) is 5.70. The molecule has 0 atom stereocenters. The number of benzene rings is 2. The second kappa shape index (κ2) is 7.51. The lowest BCUT2D eigenvalue weighted by atomic mass is 9.89. The first kappa shape index (κ1) is 17.7. The average molecular weight is 360 g/mol. The molecule has 0 unspecified atom stereocenters. The number of carbonyl (C=O) groups is 2. The minimum Gasteiger partial charge on any atom is -0.460 e. The van der Waals surface area contributed by atoms with Gasteiger partial charge in [0, 0.05) is 11.1 Å². The summed E-state index contributed by atoms with van der Waals surface area (Å²) in [4.78, 5) is 24.9. The van der Waals surface area contributed by atoms with E-state index in [2.05, 4.69) is 18.7 Å². The maximum absolute atomic E-state index is 12.7. The van der Waals surface area contributed by atoms with Crippen molar-refractivity contribution in [1.29, 1.82) is 0 Å². The molecule has 0 heterocycles. The van der Waals surface area contributed by atoms with Crippen molar-refractivity contribution in [3.8, 4) is 11.1 Å². The Labute approximate surface area is 160 Å². The van der Waals surface area contributed by atoms with E-state index in [1.165, 1.54) is 23.1 Å². The highest BCUT2D eigenvalue weighted by molar-refractivity contribution is 6.09. The van der Waals surface area contributed by atoms with Gasteiger partial charge in [-0.3, -0.25) is 9.59 Å². The van der Waals surface area contributed by atoms with E-state index in [1.807, 2.05) is 30.3 Å². The lowest BCUT2D eigenvalue weighted by Crippen LogP contribution is -2.22. The van der Waals surface area contributed by atoms with Gasteiger partial charge >= 0.3 is 5.97 Å². The van der Waals surface area contributed by atoms with Gasteiger partial charge in [0.2, 0.25) is 0 Å². The van der Waals surface area contributed by atoms with Crippen molar-refractivity contribution < 1.29 is 14.3 Å². The monoisotopic (exact) mass is 360 g/mol. The van der Waals surface area contributed by atoms with Gasteiger partial charge in [-0.25, -0.2) is 0 Å². The van der Waals surface area contributed by atoms with Gasteiger partial charge in [0.05, 0.1) is 5.92 Å². The van der Waals surface area contributed by atoms with Crippen LogP contribution in [0.15, 0.2) is 54.6 Å². The molecule has 27 heavy (non-hydrogen) atoms. The lowest BCUT2D eigenvalue weighted by Gasteiger charge is -2.20. The largest absolute Gasteiger partial charge is 0.460 e. The minimum absolute atomic E-state index is 0.0137. The molecular formula is C24H24O3. The number of hydrogen-bond acceptors (Lipinski definition) is 3. The molecule has 0 aromatic heterocycles. The van der Waals surface area contributed by atoms with Crippen LogP contribution in [0.25, 0.3) is 11.1 Å². The highest BCUT2D eigenvalue weighted by Crippen LogP contribution is 2.37. The third kappa shape index (κ3) is 3.59. The number of fused-ring (bicyclic) bond motifs is 3. The predicted octanol–water partition coefficient (Wildman–Crippen LogP) is 5.12. The number of hydrogen-bond donors (Lipinski definition) is 0. The van der Waals surface area contributed by atoms with Gasteiger partial charge in [-0.05, 0) is 47.6 Å². The van der Waals surface area contributed by atoms with E-state index < -0.39 is 0 Å². The molecule has 3 nitrogen and oxygen atoms in total. The Bertz CT molecular complexity index is 904. The van der Waals surface area contributed by atoms with Crippen LogP contribution in [-0.2, 0) is 16.0 Å². The number of Topliss-reactive ketones (excluding diaryl/α,β-unsaturated/α-hetero) is 1. The first-order chi connectivity index (χ1) is 13.1. The molecule has 2 aliphatic rings. The van der Waals surface area contributed by atoms with E-state index in [0.717, 1.165) is 37.7 Å². The van der Waals surface area contributed by atoms with Crippen LogP contribution >= 0.6 is 0 Å². The van der Waals surface area contributed by atoms with Crippen LogP contribution in [0.2, 0.25) is 0 Å². The van der Waals surface area contributed by atoms with Crippen molar-refractivity contribution in [2.45, 2.75) is 38.5 Å². The lowest BCUT2D eigenvalue weighted by molar-refractivity contribution is -0.148. The third-order valence-corrected chi connectivity index (χ3v) is 5.70. The van der Waals surface area contributed by atoms with Crippen LogP contribution in [0, 0.1) is 5.92 Å². The van der Waals surface area contributed by atoms with Gasteiger partial charge in [-0.15, -0.1) is 0 Å². The van der Waals surface area contributed by atoms with Crippen LogP contribution < -0.4 is 0 Å². The van der Waals surface area contributed by atoms with Crippen molar-refractivity contribution >= 4 is 11.8 Å². The molecule has 0 bridgehead atoms. The molecule has 0 amide bonds. The summed E-state index contributed by atoms with van der Waals surface area (Å²) in [5, 5.41) is 0. The molecule has 1 fully saturated rings. The molecule has 0 saturated heterocycles. The highest BCUT2D eigenvalue weighted by atomic mass is 16.5. The zero-order valence-electron chi connectivity index (χ0n) is 15.5. The number of ketones is 1. The molecule has 0 aliphatic heterocycles. The number of ether oxygens (including phenoxy) is 1. The van der Waals surface area contributed by atoms with Gasteiger partial charge in [0.25, 0.3) is 0 Å². The van der Waals surface area contributed by atoms with Crippen molar-refractivity contribution in [3.05, 3.63) is 71.3 Å². The minimum atomic E-state index is -0.187. The summed E-state index contributed by atoms with van der Waals surface area (Å²) in [5.41, 5.74) is 5.82. The molecule has 2 aliphatic carbocycles. The van der Waals surface area contributed by atoms with Crippen LogP contribution in [-0.4, -0.2) is 18.4 Å². The Morgan fingerprint density at radius 1 is 0.963 bits per heavy atom. The van der Waals surface area contributed by atoms with Crippen molar-refractivity contribution in [2.24, 2.45) is 5.92 Å². The Morgan fingerprint density at radius 2 is 1.70 bits per heavy atom. The topological polar surface area (TPSA) is 43.4 Å². The van der Waals surface area contributed by atoms with E-state index in [1.54, 1.807) is 0 Å². The zero-order chi connectivity index (χ0) is 18.8. The van der Waals surface area contributed by atoms with Gasteiger partial charge in [0.15, 0.2) is 5.78 Å². The van der Waals surface area contributed by atoms with E-state index in [-0.39, 0.29) is 24.3 Å². The first-order valence-corrected chi connectivity index (χ1v) is 9.74. The molecule has 2 aromatic rings. The van der Waals surface area contributed by atoms with Gasteiger partial charge in [-0.1, -0.05) is 62.2 Å². The molecular weight excluding hydrogens is 336 g/mol. The van der Waals surface area contributed by atoms with Crippen molar-refractivity contribution in [2.75, 3.05) is 6.61 Å². The molecule has 3 heteroatoms. The molecule has 0 radical (unpaired) electrons. The van der Waals surface area contributed by atoms with Crippen LogP contribution in [0.3, 0.4) is 0 Å². The fourth-order valence-corrected chi connectivity index (χ4v) is 4.17. The molecule has 1 saturated carbocycles. The summed E-state index contributed by atoms with van der Waals surface area (Å²) in [6.45, 7) is 3.83. The van der Waals surface area contributed by atoms with Crippen LogP contribution in [0.1, 0.15) is 53.6 Å². The number of rotatable bonds is 5. The van der Waals surface area contributed by atoms with Crippen molar-refractivity contribution in [3.63, 3.8) is 0 Å². The van der Waals surface area contributed by atoms with E-state index in [0.29, 0.717) is 11.1 Å². The van der Waals surface area contributed by atoms with E-state index in [4.69, 9.17) is 4.74 Å². The van der Waals surface area contributed by atoms with Crippen LogP contribution in [0.4, 0.5) is 0 Å². The van der Waals surface area contributed by atoms with Crippen molar-refractivity contribution in [1.82, 2.24) is 0 Å². The molecule has 4 rings (SSSR count). The summed E-state index contributed by atoms with van der Waals surface area (Å²) in [6, 6.07) is 14.1. The second-order valence-corrected chi connectivity index (χ2v) is 7.58. The van der Waals surface area contributed by atoms with Gasteiger partial charge in [0.1, 0.15) is 6.61 Å². The average Bonchev–Trinajstić information content (AvgIpc) is 3.09. The van der Waals surface area contributed by atoms with E-state index in [9.17, 15) is 9.59 Å². The fraction of sp³-hybridized carbons (Fsp3) is 0.333. The fourth-order valence-electron chi connectivity index (χ4n) is 4.17. The molecule has 0 N–H and O–H groups in total. The normalized spacial score (nSPS) is 15.7. The smallest absolute Gasteiger partial charge is 0.309 e. The molecule has 2 aromatic carbocycles. The highest BCUT2D eigenvalue weighted by Gasteiger charge is 2.24. The Kier molecular flexibility index (Phi) is 4.93. The Morgan fingerprint density at radius 3 is 2.52 bits per heavy atom. The van der Waals surface area contributed by atoms with Gasteiger partial charge < -0.3 is 4.74 Å². The van der Waals surface area contributed by atoms with E-state index >= 15 is 0 Å². The Hall–Kier alpha value is -2.68. The maximum Gasteiger partial charge on any atom is 0.309 e. The maximum atomic E-state index is 12.7. The molecule has 138 valence electrons. The molecule has 0 spiro atoms. The standard InChI is InChI=1S/C24H24O3/c1-16(15-27-24(26)17-7-3-2-4-8-17)23(25)19-11-12-22-20(14-19)13-18-9-5-6-10-21(18)22/h5-6,9-12,14,17H,1-4,7-8,13,15H2. The zero-order valence-corrected chi connectivity index (χ0v) is 15.5. The predicted molar refractivity (Wildman–Crippen MR) is 106 cm³/mol. The summed E-state index contributed by atoms with van der Waals surface area (Å²) in [6.07, 6.45) is 5.98. The van der Waals surface area contributed by atoms with Gasteiger partial charge in [-0.2, -0.15) is 0 Å². The summed E-state index contributed by atoms with van der Waals surface area (Å²) >= 11 is 0. The summed E-state index contributed by atoms with van der Waals surface area (Å²) in [5.74, 6) is -0.349.